The van der Waals surface area contributed by atoms with Crippen molar-refractivity contribution in [3.63, 3.8) is 0 Å². The molecule has 1 N–H and O–H groups in total. The highest BCUT2D eigenvalue weighted by atomic mass is 16.5. The van der Waals surface area contributed by atoms with Gasteiger partial charge in [0.2, 0.25) is 0 Å². The van der Waals surface area contributed by atoms with Crippen LogP contribution in [0.3, 0.4) is 0 Å². The molecule has 4 heteroatoms. The number of aromatic nitrogens is 1. The number of hydrogen-bond donors (Lipinski definition) is 1. The molecule has 3 saturated heterocycles. The summed E-state index contributed by atoms with van der Waals surface area (Å²) >= 11 is 0. The number of fused-ring (bicyclic) bond motifs is 3. The molecule has 3 aliphatic rings. The van der Waals surface area contributed by atoms with Crippen LogP contribution in [0.2, 0.25) is 0 Å². The molecule has 0 saturated carbocycles. The molecule has 0 unspecified atom stereocenters. The number of nitrogens with one attached hydrogen (secondary N) is 1. The normalized spacial score (nSPS) is 28.6. The van der Waals surface area contributed by atoms with Crippen LogP contribution in [0.25, 0.3) is 11.3 Å². The van der Waals surface area contributed by atoms with E-state index in [0.29, 0.717) is 12.1 Å². The molecule has 2 aromatic rings. The molecule has 0 aliphatic carbocycles. The third-order valence-electron chi connectivity index (χ3n) is 5.66. The van der Waals surface area contributed by atoms with E-state index in [0.717, 1.165) is 28.6 Å². The summed E-state index contributed by atoms with van der Waals surface area (Å²) in [6.07, 6.45) is 4.60. The first-order valence-electron chi connectivity index (χ1n) is 8.85. The molecule has 4 heterocycles. The van der Waals surface area contributed by atoms with Gasteiger partial charge in [-0.15, -0.1) is 0 Å². The maximum absolute atomic E-state index is 5.21. The molecule has 0 spiro atoms. The van der Waals surface area contributed by atoms with Crippen molar-refractivity contribution in [1.82, 2.24) is 9.88 Å². The zero-order chi connectivity index (χ0) is 16.5. The summed E-state index contributed by atoms with van der Waals surface area (Å²) in [4.78, 5) is 7.25. The first kappa shape index (κ1) is 15.5. The molecule has 4 nitrogen and oxygen atoms in total. The summed E-state index contributed by atoms with van der Waals surface area (Å²) in [5, 5.41) is 3.73. The van der Waals surface area contributed by atoms with E-state index >= 15 is 0 Å². The standard InChI is InChI=1S/C20H25N3O/c1-14-20(16-9-11-23(14)12-10-16)22-17-5-8-19(21-13-17)15-3-6-18(24-2)7-4-15/h3-8,13-14,16,20,22H,9-12H2,1-2H3/t14-,20-/m1/s1. The third-order valence-corrected chi connectivity index (χ3v) is 5.66. The van der Waals surface area contributed by atoms with E-state index in [-0.39, 0.29) is 0 Å². The minimum atomic E-state index is 0.543. The van der Waals surface area contributed by atoms with Crippen LogP contribution in [0.15, 0.2) is 42.6 Å². The smallest absolute Gasteiger partial charge is 0.118 e. The summed E-state index contributed by atoms with van der Waals surface area (Å²) in [5.41, 5.74) is 3.22. The maximum atomic E-state index is 5.21. The van der Waals surface area contributed by atoms with Crippen LogP contribution in [-0.2, 0) is 0 Å². The van der Waals surface area contributed by atoms with Crippen LogP contribution in [0.1, 0.15) is 19.8 Å². The second kappa shape index (κ2) is 6.44. The first-order valence-corrected chi connectivity index (χ1v) is 8.85. The van der Waals surface area contributed by atoms with E-state index in [4.69, 9.17) is 4.74 Å². The Morgan fingerprint density at radius 3 is 2.42 bits per heavy atom. The van der Waals surface area contributed by atoms with Crippen molar-refractivity contribution in [3.8, 4) is 17.0 Å². The molecule has 2 atom stereocenters. The Morgan fingerprint density at radius 1 is 1.08 bits per heavy atom. The summed E-state index contributed by atoms with van der Waals surface area (Å²) in [5.74, 6) is 1.67. The monoisotopic (exact) mass is 323 g/mol. The number of methoxy groups -OCH3 is 1. The molecule has 3 fully saturated rings. The van der Waals surface area contributed by atoms with Crippen molar-refractivity contribution in [2.24, 2.45) is 5.92 Å². The van der Waals surface area contributed by atoms with Crippen molar-refractivity contribution < 1.29 is 4.74 Å². The van der Waals surface area contributed by atoms with Crippen LogP contribution >= 0.6 is 0 Å². The lowest BCUT2D eigenvalue weighted by atomic mass is 9.79. The minimum Gasteiger partial charge on any atom is -0.497 e. The van der Waals surface area contributed by atoms with Gasteiger partial charge >= 0.3 is 0 Å². The molecular weight excluding hydrogens is 298 g/mol. The lowest BCUT2D eigenvalue weighted by Crippen LogP contribution is -2.59. The SMILES string of the molecule is COc1ccc(-c2ccc(N[C@H]3C4CCN(CC4)[C@@H]3C)cn2)cc1. The van der Waals surface area contributed by atoms with Gasteiger partial charge in [0, 0.05) is 17.6 Å². The number of benzene rings is 1. The number of piperidine rings is 3. The molecular formula is C20H25N3O. The number of anilines is 1. The van der Waals surface area contributed by atoms with Gasteiger partial charge in [-0.25, -0.2) is 0 Å². The van der Waals surface area contributed by atoms with Crippen LogP contribution in [-0.4, -0.2) is 42.2 Å². The summed E-state index contributed by atoms with van der Waals surface area (Å²) in [6.45, 7) is 4.87. The van der Waals surface area contributed by atoms with Gasteiger partial charge in [0.25, 0.3) is 0 Å². The fourth-order valence-corrected chi connectivity index (χ4v) is 4.15. The van der Waals surface area contributed by atoms with Crippen molar-refractivity contribution in [2.75, 3.05) is 25.5 Å². The van der Waals surface area contributed by atoms with Crippen molar-refractivity contribution in [3.05, 3.63) is 42.6 Å². The van der Waals surface area contributed by atoms with E-state index in [1.165, 1.54) is 25.9 Å². The third kappa shape index (κ3) is 2.86. The number of ether oxygens (including phenoxy) is 1. The van der Waals surface area contributed by atoms with Crippen LogP contribution < -0.4 is 10.1 Å². The molecule has 0 radical (unpaired) electrons. The molecule has 2 bridgehead atoms. The van der Waals surface area contributed by atoms with Gasteiger partial charge in [-0.05, 0) is 75.2 Å². The lowest BCUT2D eigenvalue weighted by molar-refractivity contribution is 0.0458. The van der Waals surface area contributed by atoms with Gasteiger partial charge in [0.05, 0.1) is 24.7 Å². The summed E-state index contributed by atoms with van der Waals surface area (Å²) in [6, 6.07) is 13.4. The molecule has 1 aromatic carbocycles. The molecule has 1 aromatic heterocycles. The summed E-state index contributed by atoms with van der Waals surface area (Å²) < 4.78 is 5.21. The Bertz CT molecular complexity index is 673. The van der Waals surface area contributed by atoms with E-state index in [9.17, 15) is 0 Å². The zero-order valence-electron chi connectivity index (χ0n) is 14.4. The van der Waals surface area contributed by atoms with Gasteiger partial charge in [0.15, 0.2) is 0 Å². The Morgan fingerprint density at radius 2 is 1.83 bits per heavy atom. The fourth-order valence-electron chi connectivity index (χ4n) is 4.15. The summed E-state index contributed by atoms with van der Waals surface area (Å²) in [7, 11) is 1.68. The van der Waals surface area contributed by atoms with E-state index in [1.54, 1.807) is 7.11 Å². The maximum Gasteiger partial charge on any atom is 0.118 e. The predicted octanol–water partition coefficient (Wildman–Crippen LogP) is 3.65. The van der Waals surface area contributed by atoms with E-state index in [1.807, 2.05) is 30.5 Å². The van der Waals surface area contributed by atoms with E-state index < -0.39 is 0 Å². The van der Waals surface area contributed by atoms with Gasteiger partial charge in [-0.2, -0.15) is 0 Å². The van der Waals surface area contributed by atoms with Crippen molar-refractivity contribution in [2.45, 2.75) is 31.8 Å². The van der Waals surface area contributed by atoms with Crippen LogP contribution in [0, 0.1) is 5.92 Å². The van der Waals surface area contributed by atoms with Gasteiger partial charge in [-0.1, -0.05) is 0 Å². The number of nitrogens with zero attached hydrogens (tertiary/aromatic N) is 2. The predicted molar refractivity (Wildman–Crippen MR) is 97.4 cm³/mol. The second-order valence-electron chi connectivity index (χ2n) is 6.94. The minimum absolute atomic E-state index is 0.543. The largest absolute Gasteiger partial charge is 0.497 e. The number of pyridine rings is 1. The molecule has 5 rings (SSSR count). The van der Waals surface area contributed by atoms with Gasteiger partial charge in [0.1, 0.15) is 5.75 Å². The zero-order valence-corrected chi connectivity index (χ0v) is 14.4. The highest BCUT2D eigenvalue weighted by Gasteiger charge is 2.39. The average molecular weight is 323 g/mol. The van der Waals surface area contributed by atoms with Crippen molar-refractivity contribution >= 4 is 5.69 Å². The molecule has 0 amide bonds. The Hall–Kier alpha value is -2.07. The van der Waals surface area contributed by atoms with Crippen LogP contribution in [0.4, 0.5) is 5.69 Å². The molecule has 3 aliphatic heterocycles. The van der Waals surface area contributed by atoms with E-state index in [2.05, 4.69) is 34.3 Å². The second-order valence-corrected chi connectivity index (χ2v) is 6.94. The highest BCUT2D eigenvalue weighted by molar-refractivity contribution is 5.62. The average Bonchev–Trinajstić information content (AvgIpc) is 2.66. The highest BCUT2D eigenvalue weighted by Crippen LogP contribution is 2.34. The first-order chi connectivity index (χ1) is 11.7. The molecule has 24 heavy (non-hydrogen) atoms. The fraction of sp³-hybridized carbons (Fsp3) is 0.450. The van der Waals surface area contributed by atoms with Gasteiger partial charge in [-0.3, -0.25) is 9.88 Å². The Kier molecular flexibility index (Phi) is 4.15. The Labute approximate surface area is 143 Å². The Balaban J connectivity index is 1.47. The van der Waals surface area contributed by atoms with Crippen LogP contribution in [0.5, 0.6) is 5.75 Å². The molecule has 126 valence electrons. The quantitative estimate of drug-likeness (QED) is 0.932. The lowest BCUT2D eigenvalue weighted by Gasteiger charge is -2.50. The topological polar surface area (TPSA) is 37.4 Å². The van der Waals surface area contributed by atoms with Gasteiger partial charge < -0.3 is 10.1 Å². The van der Waals surface area contributed by atoms with Crippen molar-refractivity contribution in [1.29, 1.82) is 0 Å². The number of hydrogen-bond acceptors (Lipinski definition) is 4. The number of rotatable bonds is 4.